The van der Waals surface area contributed by atoms with Crippen molar-refractivity contribution in [2.45, 2.75) is 12.8 Å². The zero-order chi connectivity index (χ0) is 14.7. The molecule has 0 bridgehead atoms. The summed E-state index contributed by atoms with van der Waals surface area (Å²) in [6.45, 7) is 1.91. The van der Waals surface area contributed by atoms with Crippen LogP contribution in [0.5, 0.6) is 5.75 Å². The van der Waals surface area contributed by atoms with Gasteiger partial charge in [-0.3, -0.25) is 4.79 Å². The van der Waals surface area contributed by atoms with Crippen molar-refractivity contribution in [3.8, 4) is 11.8 Å². The van der Waals surface area contributed by atoms with Gasteiger partial charge in [0.1, 0.15) is 17.4 Å². The quantitative estimate of drug-likeness (QED) is 0.798. The van der Waals surface area contributed by atoms with Crippen LogP contribution in [0.3, 0.4) is 0 Å². The summed E-state index contributed by atoms with van der Waals surface area (Å²) in [6.07, 6.45) is 3.15. The van der Waals surface area contributed by atoms with Crippen molar-refractivity contribution in [2.75, 3.05) is 7.11 Å². The summed E-state index contributed by atoms with van der Waals surface area (Å²) in [5, 5.41) is 9.30. The molecule has 102 valence electrons. The topological polar surface area (TPSA) is 67.9 Å². The van der Waals surface area contributed by atoms with E-state index in [1.165, 1.54) is 6.33 Å². The molecule has 5 heteroatoms. The molecular formula is C15H15N3O2. The van der Waals surface area contributed by atoms with Gasteiger partial charge in [0.15, 0.2) is 0 Å². The van der Waals surface area contributed by atoms with Crippen molar-refractivity contribution in [1.82, 2.24) is 9.55 Å². The van der Waals surface area contributed by atoms with E-state index in [0.717, 1.165) is 5.56 Å². The molecule has 0 fully saturated rings. The number of ether oxygens (including phenoxy) is 1. The second kappa shape index (κ2) is 5.57. The van der Waals surface area contributed by atoms with E-state index in [1.807, 2.05) is 19.1 Å². The molecule has 0 amide bonds. The van der Waals surface area contributed by atoms with Crippen LogP contribution in [0.25, 0.3) is 0 Å². The fourth-order valence-electron chi connectivity index (χ4n) is 1.99. The standard InChI is InChI=1S/C15H15N3O2/c1-10-4-5-11(6-14(10)20-3)12(7-16)15(19)13-8-18(2)9-17-13/h4-6,8-9,12H,1-3H3. The smallest absolute Gasteiger partial charge is 0.204 e. The van der Waals surface area contributed by atoms with E-state index in [4.69, 9.17) is 4.74 Å². The Morgan fingerprint density at radius 1 is 1.50 bits per heavy atom. The number of ketones is 1. The summed E-state index contributed by atoms with van der Waals surface area (Å²) in [4.78, 5) is 16.3. The van der Waals surface area contributed by atoms with Crippen LogP contribution in [-0.2, 0) is 7.05 Å². The first kappa shape index (κ1) is 13.8. The molecule has 0 aliphatic rings. The molecule has 1 aromatic carbocycles. The number of methoxy groups -OCH3 is 1. The molecule has 1 heterocycles. The Morgan fingerprint density at radius 2 is 2.25 bits per heavy atom. The molecule has 5 nitrogen and oxygen atoms in total. The van der Waals surface area contributed by atoms with Crippen molar-refractivity contribution < 1.29 is 9.53 Å². The molecule has 0 saturated carbocycles. The highest BCUT2D eigenvalue weighted by molar-refractivity contribution is 6.01. The van der Waals surface area contributed by atoms with Crippen molar-refractivity contribution in [2.24, 2.45) is 7.05 Å². The highest BCUT2D eigenvalue weighted by Gasteiger charge is 2.24. The SMILES string of the molecule is COc1cc(C(C#N)C(=O)c2cn(C)cn2)ccc1C. The second-order valence-electron chi connectivity index (χ2n) is 4.58. The lowest BCUT2D eigenvalue weighted by Gasteiger charge is -2.10. The van der Waals surface area contributed by atoms with Gasteiger partial charge in [-0.2, -0.15) is 5.26 Å². The first-order valence-electron chi connectivity index (χ1n) is 6.13. The lowest BCUT2D eigenvalue weighted by atomic mass is 9.93. The molecule has 1 aromatic heterocycles. The molecule has 1 unspecified atom stereocenters. The Hall–Kier alpha value is -2.61. The van der Waals surface area contributed by atoms with Crippen molar-refractivity contribution >= 4 is 5.78 Å². The van der Waals surface area contributed by atoms with Gasteiger partial charge in [0.05, 0.1) is 19.5 Å². The molecule has 2 rings (SSSR count). The predicted molar refractivity (Wildman–Crippen MR) is 73.6 cm³/mol. The molecule has 1 atom stereocenters. The summed E-state index contributed by atoms with van der Waals surface area (Å²) < 4.78 is 6.91. The lowest BCUT2D eigenvalue weighted by Crippen LogP contribution is -2.12. The van der Waals surface area contributed by atoms with Gasteiger partial charge in [-0.25, -0.2) is 4.98 Å². The molecule has 20 heavy (non-hydrogen) atoms. The normalized spacial score (nSPS) is 11.7. The van der Waals surface area contributed by atoms with Crippen LogP contribution in [0.1, 0.15) is 27.5 Å². The number of carbonyl (C=O) groups is 1. The molecule has 0 N–H and O–H groups in total. The largest absolute Gasteiger partial charge is 0.496 e. The van der Waals surface area contributed by atoms with Gasteiger partial charge in [-0.1, -0.05) is 12.1 Å². The molecular weight excluding hydrogens is 254 g/mol. The van der Waals surface area contributed by atoms with Crippen LogP contribution in [0.2, 0.25) is 0 Å². The van der Waals surface area contributed by atoms with Crippen molar-refractivity contribution in [3.63, 3.8) is 0 Å². The van der Waals surface area contributed by atoms with Gasteiger partial charge in [0.2, 0.25) is 5.78 Å². The van der Waals surface area contributed by atoms with E-state index in [0.29, 0.717) is 17.0 Å². The maximum atomic E-state index is 12.3. The van der Waals surface area contributed by atoms with Crippen LogP contribution in [0.4, 0.5) is 0 Å². The van der Waals surface area contributed by atoms with Gasteiger partial charge in [0, 0.05) is 13.2 Å². The number of Topliss-reactive ketones (excluding diaryl/α,β-unsaturated/α-hetero) is 1. The van der Waals surface area contributed by atoms with Crippen LogP contribution in [0, 0.1) is 18.3 Å². The number of aromatic nitrogens is 2. The number of benzene rings is 1. The van der Waals surface area contributed by atoms with Crippen LogP contribution >= 0.6 is 0 Å². The summed E-state index contributed by atoms with van der Waals surface area (Å²) in [7, 11) is 3.34. The molecule has 0 aliphatic heterocycles. The van der Waals surface area contributed by atoms with Crippen LogP contribution < -0.4 is 4.74 Å². The minimum Gasteiger partial charge on any atom is -0.496 e. The van der Waals surface area contributed by atoms with Gasteiger partial charge < -0.3 is 9.30 Å². The van der Waals surface area contributed by atoms with Crippen molar-refractivity contribution in [3.05, 3.63) is 47.5 Å². The number of carbonyl (C=O) groups excluding carboxylic acids is 1. The molecule has 0 saturated heterocycles. The van der Waals surface area contributed by atoms with E-state index in [-0.39, 0.29) is 5.78 Å². The maximum Gasteiger partial charge on any atom is 0.204 e. The van der Waals surface area contributed by atoms with Gasteiger partial charge in [-0.05, 0) is 24.1 Å². The number of hydrogen-bond donors (Lipinski definition) is 0. The van der Waals surface area contributed by atoms with Crippen LogP contribution in [-0.4, -0.2) is 22.4 Å². The number of imidazole rings is 1. The number of hydrogen-bond acceptors (Lipinski definition) is 4. The highest BCUT2D eigenvalue weighted by atomic mass is 16.5. The highest BCUT2D eigenvalue weighted by Crippen LogP contribution is 2.26. The van der Waals surface area contributed by atoms with E-state index in [1.54, 1.807) is 37.1 Å². The first-order valence-corrected chi connectivity index (χ1v) is 6.13. The number of nitrogens with zero attached hydrogens (tertiary/aromatic N) is 3. The third kappa shape index (κ3) is 2.54. The van der Waals surface area contributed by atoms with Gasteiger partial charge >= 0.3 is 0 Å². The Labute approximate surface area is 117 Å². The summed E-state index contributed by atoms with van der Waals surface area (Å²) in [5.74, 6) is -0.519. The fraction of sp³-hybridized carbons (Fsp3) is 0.267. The number of aryl methyl sites for hydroxylation is 2. The van der Waals surface area contributed by atoms with Gasteiger partial charge in [0.25, 0.3) is 0 Å². The predicted octanol–water partition coefficient (Wildman–Crippen LogP) is 2.23. The molecule has 0 radical (unpaired) electrons. The average molecular weight is 269 g/mol. The minimum absolute atomic E-state index is 0.290. The van der Waals surface area contributed by atoms with Crippen molar-refractivity contribution in [1.29, 1.82) is 5.26 Å². The van der Waals surface area contributed by atoms with Gasteiger partial charge in [-0.15, -0.1) is 0 Å². The maximum absolute atomic E-state index is 12.3. The third-order valence-electron chi connectivity index (χ3n) is 3.11. The third-order valence-corrected chi connectivity index (χ3v) is 3.11. The summed E-state index contributed by atoms with van der Waals surface area (Å²) >= 11 is 0. The fourth-order valence-corrected chi connectivity index (χ4v) is 1.99. The summed E-state index contributed by atoms with van der Waals surface area (Å²) in [5.41, 5.74) is 1.86. The molecule has 0 spiro atoms. The zero-order valence-electron chi connectivity index (χ0n) is 11.6. The Morgan fingerprint density at radius 3 is 2.80 bits per heavy atom. The van der Waals surface area contributed by atoms with Crippen LogP contribution in [0.15, 0.2) is 30.7 Å². The first-order chi connectivity index (χ1) is 9.56. The second-order valence-corrected chi connectivity index (χ2v) is 4.58. The average Bonchev–Trinajstić information content (AvgIpc) is 2.88. The summed E-state index contributed by atoms with van der Waals surface area (Å²) in [6, 6.07) is 7.38. The van der Waals surface area contributed by atoms with E-state index >= 15 is 0 Å². The Kier molecular flexibility index (Phi) is 3.85. The number of nitriles is 1. The lowest BCUT2D eigenvalue weighted by molar-refractivity contribution is 0.0974. The Bertz CT molecular complexity index is 683. The number of rotatable bonds is 4. The minimum atomic E-state index is -0.876. The van der Waals surface area contributed by atoms with E-state index in [2.05, 4.69) is 4.98 Å². The molecule has 0 aliphatic carbocycles. The molecule has 2 aromatic rings. The van der Waals surface area contributed by atoms with E-state index < -0.39 is 5.92 Å². The monoisotopic (exact) mass is 269 g/mol. The Balaban J connectivity index is 2.38. The van der Waals surface area contributed by atoms with E-state index in [9.17, 15) is 10.1 Å². The zero-order valence-corrected chi connectivity index (χ0v) is 11.6.